The molecule has 1 aromatic rings. The van der Waals surface area contributed by atoms with Gasteiger partial charge in [-0.3, -0.25) is 9.59 Å². The molecule has 3 rings (SSSR count). The van der Waals surface area contributed by atoms with Gasteiger partial charge in [-0.15, -0.1) is 0 Å². The number of β-amino-alcohol motifs (C(OH)–C–C–N with tert-alkyl or cyclic N) is 1. The SMILES string of the molecule is Cc1cc(C(=O)N2CC(O)C2)cc(C)c1/C=C/S(=O)(=O)N1CCC(N)(C(N)=O)CC1. The van der Waals surface area contributed by atoms with Crippen LogP contribution in [0.4, 0.5) is 0 Å². The molecule has 5 N–H and O–H groups in total. The van der Waals surface area contributed by atoms with E-state index < -0.39 is 27.6 Å². The zero-order chi connectivity index (χ0) is 22.3. The molecule has 164 valence electrons. The summed E-state index contributed by atoms with van der Waals surface area (Å²) in [5.41, 5.74) is 12.9. The van der Waals surface area contributed by atoms with Crippen LogP contribution in [0.3, 0.4) is 0 Å². The van der Waals surface area contributed by atoms with Crippen LogP contribution >= 0.6 is 0 Å². The lowest BCUT2D eigenvalue weighted by atomic mass is 9.89. The Labute approximate surface area is 176 Å². The first-order valence-corrected chi connectivity index (χ1v) is 11.3. The number of primary amides is 1. The number of aryl methyl sites for hydroxylation is 2. The Kier molecular flexibility index (Phi) is 6.06. The highest BCUT2D eigenvalue weighted by Gasteiger charge is 2.38. The van der Waals surface area contributed by atoms with Gasteiger partial charge in [0, 0.05) is 37.2 Å². The molecule has 0 aromatic heterocycles. The van der Waals surface area contributed by atoms with Gasteiger partial charge in [0.25, 0.3) is 5.91 Å². The number of nitrogens with two attached hydrogens (primary N) is 2. The Bertz CT molecular complexity index is 967. The number of likely N-dealkylation sites (tertiary alicyclic amines) is 1. The molecule has 2 saturated heterocycles. The lowest BCUT2D eigenvalue weighted by Crippen LogP contribution is -2.58. The van der Waals surface area contributed by atoms with Crippen LogP contribution in [-0.4, -0.2) is 72.4 Å². The third kappa shape index (κ3) is 4.41. The van der Waals surface area contributed by atoms with Crippen molar-refractivity contribution in [2.24, 2.45) is 11.5 Å². The van der Waals surface area contributed by atoms with Crippen LogP contribution in [0.15, 0.2) is 17.5 Å². The van der Waals surface area contributed by atoms with Crippen LogP contribution in [0.1, 0.15) is 39.9 Å². The maximum absolute atomic E-state index is 12.7. The third-order valence-corrected chi connectivity index (χ3v) is 7.43. The summed E-state index contributed by atoms with van der Waals surface area (Å²) >= 11 is 0. The molecule has 0 unspecified atom stereocenters. The molecule has 2 aliphatic rings. The summed E-state index contributed by atoms with van der Waals surface area (Å²) in [7, 11) is -3.69. The predicted octanol–water partition coefficient (Wildman–Crippen LogP) is -0.301. The Morgan fingerprint density at radius 1 is 1.17 bits per heavy atom. The van der Waals surface area contributed by atoms with Crippen LogP contribution in [0.2, 0.25) is 0 Å². The average Bonchev–Trinajstić information content (AvgIpc) is 2.64. The van der Waals surface area contributed by atoms with Crippen LogP contribution in [0.5, 0.6) is 0 Å². The van der Waals surface area contributed by atoms with Gasteiger partial charge in [-0.2, -0.15) is 4.31 Å². The van der Waals surface area contributed by atoms with Crippen molar-refractivity contribution >= 4 is 27.9 Å². The second-order valence-electron chi connectivity index (χ2n) is 8.15. The minimum absolute atomic E-state index is 0.124. The molecule has 2 heterocycles. The van der Waals surface area contributed by atoms with E-state index in [0.29, 0.717) is 18.7 Å². The Morgan fingerprint density at radius 3 is 2.17 bits per heavy atom. The van der Waals surface area contributed by atoms with E-state index in [1.54, 1.807) is 17.0 Å². The second-order valence-corrected chi connectivity index (χ2v) is 9.97. The number of carbonyl (C=O) groups excluding carboxylic acids is 2. The fourth-order valence-electron chi connectivity index (χ4n) is 3.79. The number of rotatable bonds is 5. The van der Waals surface area contributed by atoms with Gasteiger partial charge in [0.05, 0.1) is 11.6 Å². The molecule has 9 nitrogen and oxygen atoms in total. The predicted molar refractivity (Wildman–Crippen MR) is 113 cm³/mol. The quantitative estimate of drug-likeness (QED) is 0.577. The second kappa shape index (κ2) is 8.10. The largest absolute Gasteiger partial charge is 0.389 e. The van der Waals surface area contributed by atoms with Gasteiger partial charge in [-0.05, 0) is 61.6 Å². The molecule has 0 saturated carbocycles. The minimum Gasteiger partial charge on any atom is -0.389 e. The number of carbonyl (C=O) groups is 2. The van der Waals surface area contributed by atoms with Gasteiger partial charge in [0.2, 0.25) is 15.9 Å². The molecule has 0 radical (unpaired) electrons. The topological polar surface area (TPSA) is 147 Å². The summed E-state index contributed by atoms with van der Waals surface area (Å²) in [5, 5.41) is 10.5. The summed E-state index contributed by atoms with van der Waals surface area (Å²) in [6, 6.07) is 3.45. The van der Waals surface area contributed by atoms with Crippen molar-refractivity contribution in [3.8, 4) is 0 Å². The normalized spacial score (nSPS) is 20.3. The van der Waals surface area contributed by atoms with Crippen molar-refractivity contribution in [3.05, 3.63) is 39.8 Å². The molecular formula is C20H28N4O5S. The van der Waals surface area contributed by atoms with Crippen molar-refractivity contribution in [1.82, 2.24) is 9.21 Å². The molecule has 30 heavy (non-hydrogen) atoms. The van der Waals surface area contributed by atoms with Gasteiger partial charge in [-0.1, -0.05) is 0 Å². The summed E-state index contributed by atoms with van der Waals surface area (Å²) in [6.45, 7) is 4.53. The van der Waals surface area contributed by atoms with Crippen molar-refractivity contribution in [2.45, 2.75) is 38.3 Å². The lowest BCUT2D eigenvalue weighted by Gasteiger charge is -2.36. The molecule has 0 atom stereocenters. The lowest BCUT2D eigenvalue weighted by molar-refractivity contribution is -0.124. The van der Waals surface area contributed by atoms with Crippen LogP contribution in [0, 0.1) is 13.8 Å². The highest BCUT2D eigenvalue weighted by atomic mass is 32.2. The number of aliphatic hydroxyl groups is 1. The first-order valence-electron chi connectivity index (χ1n) is 9.78. The van der Waals surface area contributed by atoms with E-state index in [1.165, 1.54) is 10.4 Å². The number of sulfonamides is 1. The number of hydrogen-bond donors (Lipinski definition) is 3. The van der Waals surface area contributed by atoms with Gasteiger partial charge in [0.15, 0.2) is 0 Å². The number of hydrogen-bond acceptors (Lipinski definition) is 6. The summed E-state index contributed by atoms with van der Waals surface area (Å²) in [4.78, 5) is 25.5. The summed E-state index contributed by atoms with van der Waals surface area (Å²) in [6.07, 6.45) is 1.41. The monoisotopic (exact) mass is 436 g/mol. The standard InChI is InChI=1S/C20H28N4O5S/c1-13-9-15(18(26)23-11-16(25)12-23)10-14(2)17(13)3-8-30(28,29)24-6-4-20(22,5-7-24)19(21)27/h3,8-10,16,25H,4-7,11-12,22H2,1-2H3,(H2,21,27)/b8-3+. The molecule has 2 amide bonds. The number of piperidine rings is 1. The Balaban J connectivity index is 1.74. The zero-order valence-electron chi connectivity index (χ0n) is 17.2. The van der Waals surface area contributed by atoms with Crippen LogP contribution < -0.4 is 11.5 Å². The van der Waals surface area contributed by atoms with Gasteiger partial charge in [-0.25, -0.2) is 8.42 Å². The first kappa shape index (κ1) is 22.4. The van der Waals surface area contributed by atoms with Crippen molar-refractivity contribution in [1.29, 1.82) is 0 Å². The average molecular weight is 437 g/mol. The number of amides is 2. The van der Waals surface area contributed by atoms with Gasteiger partial charge in [0.1, 0.15) is 0 Å². The van der Waals surface area contributed by atoms with E-state index in [-0.39, 0.29) is 31.8 Å². The highest BCUT2D eigenvalue weighted by molar-refractivity contribution is 7.92. The zero-order valence-corrected chi connectivity index (χ0v) is 18.0. The molecule has 0 aliphatic carbocycles. The Morgan fingerprint density at radius 2 is 1.70 bits per heavy atom. The number of benzene rings is 1. The fourth-order valence-corrected chi connectivity index (χ4v) is 4.96. The van der Waals surface area contributed by atoms with E-state index >= 15 is 0 Å². The highest BCUT2D eigenvalue weighted by Crippen LogP contribution is 2.24. The molecular weight excluding hydrogens is 408 g/mol. The van der Waals surface area contributed by atoms with E-state index in [0.717, 1.165) is 22.1 Å². The molecule has 2 aliphatic heterocycles. The van der Waals surface area contributed by atoms with Gasteiger partial charge >= 0.3 is 0 Å². The molecule has 10 heteroatoms. The van der Waals surface area contributed by atoms with E-state index in [1.807, 2.05) is 13.8 Å². The third-order valence-electron chi connectivity index (χ3n) is 5.86. The van der Waals surface area contributed by atoms with Crippen molar-refractivity contribution in [3.63, 3.8) is 0 Å². The molecule has 2 fully saturated rings. The number of aliphatic hydroxyl groups excluding tert-OH is 1. The van der Waals surface area contributed by atoms with Gasteiger partial charge < -0.3 is 21.5 Å². The minimum atomic E-state index is -3.69. The van der Waals surface area contributed by atoms with Crippen molar-refractivity contribution in [2.75, 3.05) is 26.2 Å². The number of nitrogens with zero attached hydrogens (tertiary/aromatic N) is 2. The Hall–Kier alpha value is -2.27. The van der Waals surface area contributed by atoms with Crippen LogP contribution in [0.25, 0.3) is 6.08 Å². The maximum atomic E-state index is 12.7. The smallest absolute Gasteiger partial charge is 0.254 e. The fraction of sp³-hybridized carbons (Fsp3) is 0.500. The summed E-state index contributed by atoms with van der Waals surface area (Å²) in [5.74, 6) is -0.772. The van der Waals surface area contributed by atoms with Crippen LogP contribution in [-0.2, 0) is 14.8 Å². The maximum Gasteiger partial charge on any atom is 0.254 e. The molecule has 0 bridgehead atoms. The molecule has 1 aromatic carbocycles. The van der Waals surface area contributed by atoms with E-state index in [9.17, 15) is 23.1 Å². The first-order chi connectivity index (χ1) is 13.9. The van der Waals surface area contributed by atoms with E-state index in [4.69, 9.17) is 11.5 Å². The molecule has 0 spiro atoms. The van der Waals surface area contributed by atoms with E-state index in [2.05, 4.69) is 0 Å². The summed E-state index contributed by atoms with van der Waals surface area (Å²) < 4.78 is 26.7. The van der Waals surface area contributed by atoms with Crippen molar-refractivity contribution < 1.29 is 23.1 Å².